The number of phenols is 2. The third-order valence-corrected chi connectivity index (χ3v) is 15.3. The van der Waals surface area contributed by atoms with Crippen molar-refractivity contribution < 1.29 is 36.4 Å². The third-order valence-electron chi connectivity index (χ3n) is 14.7. The van der Waals surface area contributed by atoms with Crippen molar-refractivity contribution in [2.24, 2.45) is 0 Å². The van der Waals surface area contributed by atoms with Crippen LogP contribution < -0.4 is 0 Å². The minimum atomic E-state index is -5.84. The van der Waals surface area contributed by atoms with Crippen molar-refractivity contribution in [2.45, 2.75) is 100 Å². The summed E-state index contributed by atoms with van der Waals surface area (Å²) in [4.78, 5) is 0. The molecule has 0 saturated carbocycles. The SMILES string of the molecule is C=Cc1ccc(C=C)cc1.CC.CC.CC.CC.CC(C)c1ccc(C(C)C)cc1.O=S(=O)(O)C(F)(F)F.Oc1ccccc1-c1ccccc1.Oc1ccccc1-c1ccccc1.c1cc2ccc3cccc4ccc(c1)c2c34.c1cc2ccc3cccc4ccc(c1)c2c34. The number of para-hydroxylation sites is 2. The first-order chi connectivity index (χ1) is 46.3. The fourth-order valence-electron chi connectivity index (χ4n) is 10.0. The maximum Gasteiger partial charge on any atom is 0.522 e. The van der Waals surface area contributed by atoms with Gasteiger partial charge in [-0.3, -0.25) is 4.55 Å². The molecule has 0 spiro atoms. The number of aromatic hydroxyl groups is 2. The summed E-state index contributed by atoms with van der Waals surface area (Å²) in [5, 5.41) is 35.4. The van der Waals surface area contributed by atoms with Gasteiger partial charge in [0.05, 0.1) is 0 Å². The number of rotatable bonds is 6. The van der Waals surface area contributed by atoms with Gasteiger partial charge in [-0.1, -0.05) is 375 Å². The molecule has 0 saturated heterocycles. The second-order valence-corrected chi connectivity index (χ2v) is 22.7. The Labute approximate surface area is 568 Å². The quantitative estimate of drug-likeness (QED) is 0.0876. The number of benzene rings is 14. The molecule has 96 heavy (non-hydrogen) atoms. The molecule has 14 aromatic rings. The molecule has 0 unspecified atom stereocenters. The predicted octanol–water partition coefficient (Wildman–Crippen LogP) is 26.7. The van der Waals surface area contributed by atoms with Crippen LogP contribution in [-0.2, 0) is 10.1 Å². The average molecular weight is 1310 g/mol. The van der Waals surface area contributed by atoms with Crippen LogP contribution in [0.5, 0.6) is 11.5 Å². The highest BCUT2D eigenvalue weighted by atomic mass is 32.2. The van der Waals surface area contributed by atoms with E-state index in [9.17, 15) is 23.4 Å². The number of hydrogen-bond donors (Lipinski definition) is 3. The maximum atomic E-state index is 10.7. The second kappa shape index (κ2) is 40.2. The summed E-state index contributed by atoms with van der Waals surface area (Å²) in [6, 6.07) is 95.1. The average Bonchev–Trinajstić information content (AvgIpc) is 0.760. The molecule has 14 aromatic carbocycles. The van der Waals surface area contributed by atoms with Gasteiger partial charge in [0.15, 0.2) is 0 Å². The van der Waals surface area contributed by atoms with Gasteiger partial charge in [0, 0.05) is 11.1 Å². The largest absolute Gasteiger partial charge is 0.522 e. The lowest BCUT2D eigenvalue weighted by Gasteiger charge is -2.09. The molecule has 0 amide bonds. The summed E-state index contributed by atoms with van der Waals surface area (Å²) >= 11 is 0. The van der Waals surface area contributed by atoms with Crippen LogP contribution in [0.15, 0.2) is 292 Å². The van der Waals surface area contributed by atoms with E-state index < -0.39 is 15.6 Å². The molecule has 0 aromatic heterocycles. The molecule has 14 rings (SSSR count). The Balaban J connectivity index is 0.000000236. The molecule has 0 atom stereocenters. The van der Waals surface area contributed by atoms with E-state index in [0.717, 1.165) is 33.4 Å². The summed E-state index contributed by atoms with van der Waals surface area (Å²) in [7, 11) is -5.84. The zero-order valence-corrected chi connectivity index (χ0v) is 58.3. The first-order valence-electron chi connectivity index (χ1n) is 32.8. The Kier molecular flexibility index (Phi) is 32.9. The molecule has 0 radical (unpaired) electrons. The normalized spacial score (nSPS) is 10.3. The fraction of sp³-hybridized carbons (Fsp3) is 0.172. The van der Waals surface area contributed by atoms with Gasteiger partial charge >= 0.3 is 15.6 Å². The standard InChI is InChI=1S/2C16H10.2C12H10O.C12H18.C10H10.4C2H6.CHF3O3S/c2*1-3-11-7-9-13-5-2-6-14-10-8-12(4-1)15(11)16(13)14;2*13-12-9-5-4-8-11(12)10-6-2-1-3-7-10;1-9(2)11-5-7-12(8-6-11)10(3)4;1-3-9-5-7-10(4-2)8-6-9;4*1-2;2-1(3,4)8(5,6)7/h2*1-10H;2*1-9,13H;5-10H,1-4H3;3-8H,1-2H2;4*1-2H3;(H,5,6,7). The number of alkyl halides is 3. The zero-order valence-electron chi connectivity index (χ0n) is 57.5. The van der Waals surface area contributed by atoms with E-state index in [4.69, 9.17) is 13.0 Å². The van der Waals surface area contributed by atoms with E-state index in [2.05, 4.69) is 186 Å². The molecule has 0 aliphatic rings. The molecule has 0 fully saturated rings. The highest BCUT2D eigenvalue weighted by molar-refractivity contribution is 7.86. The molecule has 3 N–H and O–H groups in total. The van der Waals surface area contributed by atoms with Crippen LogP contribution in [0.1, 0.15) is 117 Å². The van der Waals surface area contributed by atoms with Crippen molar-refractivity contribution >= 4 is 86.9 Å². The Morgan fingerprint density at radius 2 is 0.531 bits per heavy atom. The van der Waals surface area contributed by atoms with Gasteiger partial charge in [0.25, 0.3) is 0 Å². The molecule has 0 bridgehead atoms. The lowest BCUT2D eigenvalue weighted by molar-refractivity contribution is -0.0510. The van der Waals surface area contributed by atoms with Crippen LogP contribution in [0.2, 0.25) is 0 Å². The topological polar surface area (TPSA) is 94.8 Å². The van der Waals surface area contributed by atoms with Gasteiger partial charge in [0.1, 0.15) is 11.5 Å². The molecule has 9 heteroatoms. The van der Waals surface area contributed by atoms with Gasteiger partial charge in [-0.15, -0.1) is 0 Å². The first kappa shape index (κ1) is 78.4. The molecule has 0 aliphatic carbocycles. The lowest BCUT2D eigenvalue weighted by Crippen LogP contribution is -2.21. The van der Waals surface area contributed by atoms with Crippen molar-refractivity contribution in [2.75, 3.05) is 0 Å². The Hall–Kier alpha value is -10.1. The van der Waals surface area contributed by atoms with E-state index in [1.54, 1.807) is 12.1 Å². The van der Waals surface area contributed by atoms with Crippen molar-refractivity contribution in [3.8, 4) is 33.8 Å². The van der Waals surface area contributed by atoms with Gasteiger partial charge in [-0.2, -0.15) is 21.6 Å². The van der Waals surface area contributed by atoms with Gasteiger partial charge in [0.2, 0.25) is 0 Å². The Morgan fingerprint density at radius 1 is 0.323 bits per heavy atom. The van der Waals surface area contributed by atoms with Crippen LogP contribution in [0.3, 0.4) is 0 Å². The molecule has 498 valence electrons. The van der Waals surface area contributed by atoms with E-state index in [-0.39, 0.29) is 0 Å². The molecular formula is C87H93F3O5S. The van der Waals surface area contributed by atoms with Crippen molar-refractivity contribution in [1.82, 2.24) is 0 Å². The Bertz CT molecular complexity index is 4090. The molecule has 0 aliphatic heterocycles. The van der Waals surface area contributed by atoms with Crippen molar-refractivity contribution in [1.29, 1.82) is 0 Å². The van der Waals surface area contributed by atoms with E-state index in [1.165, 1.54) is 75.8 Å². The fourth-order valence-corrected chi connectivity index (χ4v) is 10.0. The molecular weight excluding hydrogens is 1210 g/mol. The minimum Gasteiger partial charge on any atom is -0.507 e. The van der Waals surface area contributed by atoms with Gasteiger partial charge in [-0.25, -0.2) is 0 Å². The Morgan fingerprint density at radius 3 is 0.719 bits per heavy atom. The van der Waals surface area contributed by atoms with Crippen molar-refractivity contribution in [3.63, 3.8) is 0 Å². The molecule has 5 nitrogen and oxygen atoms in total. The maximum absolute atomic E-state index is 10.7. The lowest BCUT2D eigenvalue weighted by atomic mass is 9.95. The highest BCUT2D eigenvalue weighted by Crippen LogP contribution is 2.36. The predicted molar refractivity (Wildman–Crippen MR) is 412 cm³/mol. The summed E-state index contributed by atoms with van der Waals surface area (Å²) in [6.07, 6.45) is 3.65. The molecule has 0 heterocycles. The number of hydrogen-bond acceptors (Lipinski definition) is 4. The zero-order chi connectivity index (χ0) is 70.8. The summed E-state index contributed by atoms with van der Waals surface area (Å²) < 4.78 is 57.5. The second-order valence-electron chi connectivity index (χ2n) is 21.3. The smallest absolute Gasteiger partial charge is 0.507 e. The number of phenolic OH excluding ortho intramolecular Hbond substituents is 2. The van der Waals surface area contributed by atoms with Crippen LogP contribution >= 0.6 is 0 Å². The van der Waals surface area contributed by atoms with Crippen LogP contribution in [0.4, 0.5) is 13.2 Å². The number of halogens is 3. The van der Waals surface area contributed by atoms with Crippen LogP contribution in [0.25, 0.3) is 99.0 Å². The van der Waals surface area contributed by atoms with E-state index in [0.29, 0.717) is 23.3 Å². The van der Waals surface area contributed by atoms with Crippen LogP contribution in [-0.4, -0.2) is 28.7 Å². The van der Waals surface area contributed by atoms with Gasteiger partial charge in [-0.05, 0) is 122 Å². The first-order valence-corrected chi connectivity index (χ1v) is 34.2. The van der Waals surface area contributed by atoms with E-state index in [1.807, 2.05) is 189 Å². The summed E-state index contributed by atoms with van der Waals surface area (Å²) in [5.41, 5.74) is 3.45. The van der Waals surface area contributed by atoms with E-state index >= 15 is 0 Å². The minimum absolute atomic E-state index is 0.328. The monoisotopic (exact) mass is 1310 g/mol. The van der Waals surface area contributed by atoms with Crippen LogP contribution in [0, 0.1) is 0 Å². The summed E-state index contributed by atoms with van der Waals surface area (Å²) in [5.74, 6) is 1.94. The third kappa shape index (κ3) is 22.3. The highest BCUT2D eigenvalue weighted by Gasteiger charge is 2.44. The summed E-state index contributed by atoms with van der Waals surface area (Å²) in [6.45, 7) is 32.2. The van der Waals surface area contributed by atoms with Gasteiger partial charge < -0.3 is 10.2 Å². The van der Waals surface area contributed by atoms with Crippen molar-refractivity contribution in [3.05, 3.63) is 314 Å².